The lowest BCUT2D eigenvalue weighted by Gasteiger charge is -2.36. The first-order valence-corrected chi connectivity index (χ1v) is 8.75. The molecule has 1 unspecified atom stereocenters. The molecule has 3 amide bonds. The fourth-order valence-corrected chi connectivity index (χ4v) is 3.68. The predicted octanol–water partition coefficient (Wildman–Crippen LogP) is 3.13. The van der Waals surface area contributed by atoms with Crippen molar-refractivity contribution in [3.8, 4) is 0 Å². The molecule has 0 aromatic heterocycles. The Kier molecular flexibility index (Phi) is 4.78. The van der Waals surface area contributed by atoms with Gasteiger partial charge in [0.25, 0.3) is 0 Å². The number of urea groups is 1. The highest BCUT2D eigenvalue weighted by Gasteiger charge is 2.26. The maximum atomic E-state index is 12.0. The second-order valence-electron chi connectivity index (χ2n) is 7.03. The number of carbonyl (C=O) groups is 2. The second kappa shape index (κ2) is 6.83. The topological polar surface area (TPSA) is 52.6 Å². The van der Waals surface area contributed by atoms with Crippen molar-refractivity contribution in [3.05, 3.63) is 30.7 Å². The lowest BCUT2D eigenvalue weighted by atomic mass is 9.86. The summed E-state index contributed by atoms with van der Waals surface area (Å²) >= 11 is 0. The Morgan fingerprint density at radius 1 is 1.21 bits per heavy atom. The van der Waals surface area contributed by atoms with Crippen molar-refractivity contribution >= 4 is 23.3 Å². The first-order valence-electron chi connectivity index (χ1n) is 8.75. The molecule has 1 aromatic rings. The Bertz CT molecular complexity index is 633. The number of nitrogens with one attached hydrogen (secondary N) is 1. The van der Waals surface area contributed by atoms with Gasteiger partial charge in [0.1, 0.15) is 0 Å². The summed E-state index contributed by atoms with van der Waals surface area (Å²) in [4.78, 5) is 27.3. The Morgan fingerprint density at radius 3 is 2.50 bits per heavy atom. The summed E-state index contributed by atoms with van der Waals surface area (Å²) in [5.41, 5.74) is 3.25. The molecule has 0 saturated carbocycles. The zero-order valence-electron chi connectivity index (χ0n) is 14.5. The molecular formula is C19H26N3O2. The Morgan fingerprint density at radius 2 is 1.92 bits per heavy atom. The van der Waals surface area contributed by atoms with Gasteiger partial charge in [0.15, 0.2) is 0 Å². The maximum absolute atomic E-state index is 12.0. The third-order valence-electron chi connectivity index (χ3n) is 5.23. The van der Waals surface area contributed by atoms with Crippen LogP contribution in [0, 0.1) is 25.7 Å². The molecule has 1 atom stereocenters. The van der Waals surface area contributed by atoms with Crippen LogP contribution >= 0.6 is 0 Å². The molecule has 24 heavy (non-hydrogen) atoms. The van der Waals surface area contributed by atoms with Gasteiger partial charge in [-0.05, 0) is 55.4 Å². The molecular weight excluding hydrogens is 302 g/mol. The van der Waals surface area contributed by atoms with Crippen LogP contribution in [-0.4, -0.2) is 31.6 Å². The Balaban J connectivity index is 1.71. The van der Waals surface area contributed by atoms with E-state index in [2.05, 4.69) is 37.1 Å². The van der Waals surface area contributed by atoms with Crippen LogP contribution in [0.5, 0.6) is 0 Å². The van der Waals surface area contributed by atoms with Crippen LogP contribution in [0.25, 0.3) is 0 Å². The van der Waals surface area contributed by atoms with E-state index in [1.54, 1.807) is 4.90 Å². The van der Waals surface area contributed by atoms with Gasteiger partial charge in [-0.25, -0.2) is 4.79 Å². The van der Waals surface area contributed by atoms with E-state index < -0.39 is 0 Å². The van der Waals surface area contributed by atoms with Gasteiger partial charge in [-0.1, -0.05) is 13.8 Å². The molecule has 0 spiro atoms. The average Bonchev–Trinajstić information content (AvgIpc) is 2.55. The van der Waals surface area contributed by atoms with E-state index in [-0.39, 0.29) is 11.9 Å². The van der Waals surface area contributed by atoms with Crippen molar-refractivity contribution in [1.82, 2.24) is 5.32 Å². The molecule has 1 aromatic carbocycles. The van der Waals surface area contributed by atoms with E-state index >= 15 is 0 Å². The van der Waals surface area contributed by atoms with E-state index in [4.69, 9.17) is 0 Å². The largest absolute Gasteiger partial charge is 0.371 e. The number of aryl methyl sites for hydroxylation is 1. The number of nitrogens with zero attached hydrogens (tertiary/aromatic N) is 2. The van der Waals surface area contributed by atoms with Gasteiger partial charge < -0.3 is 4.90 Å². The van der Waals surface area contributed by atoms with Gasteiger partial charge in [0.2, 0.25) is 5.91 Å². The first kappa shape index (κ1) is 16.8. The van der Waals surface area contributed by atoms with Crippen LogP contribution in [0.1, 0.15) is 31.7 Å². The number of anilines is 2. The molecule has 2 aliphatic rings. The summed E-state index contributed by atoms with van der Waals surface area (Å²) in [5, 5.41) is 2.37. The third kappa shape index (κ3) is 3.40. The normalized spacial score (nSPS) is 19.8. The molecule has 129 valence electrons. The highest BCUT2D eigenvalue weighted by atomic mass is 16.2. The molecule has 2 fully saturated rings. The Hall–Kier alpha value is -2.04. The molecule has 0 bridgehead atoms. The van der Waals surface area contributed by atoms with E-state index in [9.17, 15) is 9.59 Å². The van der Waals surface area contributed by atoms with Crippen LogP contribution < -0.4 is 15.1 Å². The zero-order chi connectivity index (χ0) is 17.3. The van der Waals surface area contributed by atoms with Crippen LogP contribution in [-0.2, 0) is 4.79 Å². The van der Waals surface area contributed by atoms with Crippen molar-refractivity contribution in [1.29, 1.82) is 0 Å². The highest BCUT2D eigenvalue weighted by Crippen LogP contribution is 2.31. The minimum absolute atomic E-state index is 0.202. The number of hydrogen-bond acceptors (Lipinski definition) is 3. The van der Waals surface area contributed by atoms with Gasteiger partial charge in [-0.2, -0.15) is 0 Å². The average molecular weight is 328 g/mol. The zero-order valence-corrected chi connectivity index (χ0v) is 14.5. The quantitative estimate of drug-likeness (QED) is 0.927. The van der Waals surface area contributed by atoms with E-state index in [0.717, 1.165) is 24.7 Å². The van der Waals surface area contributed by atoms with Crippen molar-refractivity contribution in [3.63, 3.8) is 0 Å². The van der Waals surface area contributed by atoms with Crippen molar-refractivity contribution in [2.75, 3.05) is 29.4 Å². The summed E-state index contributed by atoms with van der Waals surface area (Å²) in [6.45, 7) is 11.0. The second-order valence-corrected chi connectivity index (χ2v) is 7.03. The number of rotatable bonds is 3. The lowest BCUT2D eigenvalue weighted by Crippen LogP contribution is -2.49. The number of piperidine rings is 1. The van der Waals surface area contributed by atoms with E-state index in [1.807, 2.05) is 12.1 Å². The van der Waals surface area contributed by atoms with Gasteiger partial charge >= 0.3 is 6.03 Å². The summed E-state index contributed by atoms with van der Waals surface area (Å²) in [6, 6.07) is 5.79. The van der Waals surface area contributed by atoms with Crippen LogP contribution in [0.2, 0.25) is 0 Å². The predicted molar refractivity (Wildman–Crippen MR) is 96.1 cm³/mol. The maximum Gasteiger partial charge on any atom is 0.328 e. The minimum atomic E-state index is -0.330. The molecule has 0 aliphatic carbocycles. The Labute approximate surface area is 144 Å². The number of amides is 3. The number of imide groups is 1. The highest BCUT2D eigenvalue weighted by molar-refractivity contribution is 6.05. The third-order valence-corrected chi connectivity index (χ3v) is 5.23. The number of hydrogen-bond donors (Lipinski definition) is 1. The van der Waals surface area contributed by atoms with Crippen molar-refractivity contribution in [2.45, 2.75) is 33.1 Å². The number of benzene rings is 1. The van der Waals surface area contributed by atoms with E-state index in [0.29, 0.717) is 18.9 Å². The number of carbonyl (C=O) groups excluding carboxylic acids is 2. The molecule has 5 nitrogen and oxygen atoms in total. The van der Waals surface area contributed by atoms with Gasteiger partial charge in [0.05, 0.1) is 0 Å². The molecule has 2 heterocycles. The van der Waals surface area contributed by atoms with E-state index in [1.165, 1.54) is 24.1 Å². The van der Waals surface area contributed by atoms with Crippen molar-refractivity contribution < 1.29 is 9.59 Å². The molecule has 1 N–H and O–H groups in total. The summed E-state index contributed by atoms with van der Waals surface area (Å²) in [5.74, 6) is 1.03. The molecule has 5 heteroatoms. The summed E-state index contributed by atoms with van der Waals surface area (Å²) in [6.07, 6.45) is 2.72. The van der Waals surface area contributed by atoms with Crippen LogP contribution in [0.3, 0.4) is 0 Å². The molecule has 2 saturated heterocycles. The summed E-state index contributed by atoms with van der Waals surface area (Å²) in [7, 11) is 0. The van der Waals surface area contributed by atoms with Crippen molar-refractivity contribution in [2.24, 2.45) is 11.8 Å². The van der Waals surface area contributed by atoms with Gasteiger partial charge in [-0.3, -0.25) is 15.0 Å². The minimum Gasteiger partial charge on any atom is -0.371 e. The summed E-state index contributed by atoms with van der Waals surface area (Å²) < 4.78 is 0. The smallest absolute Gasteiger partial charge is 0.328 e. The molecule has 2 aliphatic heterocycles. The molecule has 1 radical (unpaired) electrons. The lowest BCUT2D eigenvalue weighted by molar-refractivity contribution is -0.120. The van der Waals surface area contributed by atoms with Gasteiger partial charge in [0, 0.05) is 37.4 Å². The van der Waals surface area contributed by atoms with Crippen LogP contribution in [0.15, 0.2) is 18.2 Å². The first-order chi connectivity index (χ1) is 11.5. The fraction of sp³-hybridized carbons (Fsp3) is 0.526. The standard InChI is InChI=1S/C19H26N3O2/c1-13(2)15-6-9-21(10-7-15)17-5-4-16(12-14(17)3)22-11-8-18(23)20-19(22)24/h4-5,12-13,15H,1,6-11H2,2-3H3,(H,20,23,24). The SMILES string of the molecule is [CH2]C(C)C1CCN(c2ccc(N3CCC(=O)NC3=O)cc2C)CC1. The van der Waals surface area contributed by atoms with Gasteiger partial charge in [-0.15, -0.1) is 0 Å². The monoisotopic (exact) mass is 328 g/mol. The van der Waals surface area contributed by atoms with Crippen LogP contribution in [0.4, 0.5) is 16.2 Å². The fourth-order valence-electron chi connectivity index (χ4n) is 3.68. The molecule has 3 rings (SSSR count).